The monoisotopic (exact) mass is 252 g/mol. The molecule has 92 valence electrons. The van der Waals surface area contributed by atoms with Gasteiger partial charge in [-0.2, -0.15) is 0 Å². The lowest BCUT2D eigenvalue weighted by Gasteiger charge is -2.25. The van der Waals surface area contributed by atoms with Gasteiger partial charge in [0.2, 0.25) is 0 Å². The maximum atomic E-state index is 10.4. The number of carbonyl (C=O) groups is 1. The van der Waals surface area contributed by atoms with Crippen LogP contribution >= 0.6 is 11.8 Å². The zero-order chi connectivity index (χ0) is 12.1. The molecular formula is C13H16O3S. The SMILES string of the molecule is O=C(O)CCCc1ccc(SC2COC2)cc1. The highest BCUT2D eigenvalue weighted by molar-refractivity contribution is 8.00. The molecule has 0 radical (unpaired) electrons. The zero-order valence-corrected chi connectivity index (χ0v) is 10.4. The molecule has 3 nitrogen and oxygen atoms in total. The van der Waals surface area contributed by atoms with Crippen LogP contribution in [0.25, 0.3) is 0 Å². The molecule has 0 atom stereocenters. The van der Waals surface area contributed by atoms with Crippen molar-refractivity contribution in [3.05, 3.63) is 29.8 Å². The lowest BCUT2D eigenvalue weighted by Crippen LogP contribution is -2.29. The second-order valence-electron chi connectivity index (χ2n) is 4.17. The summed E-state index contributed by atoms with van der Waals surface area (Å²) in [5.74, 6) is -0.720. The molecule has 1 fully saturated rings. The van der Waals surface area contributed by atoms with Gasteiger partial charge in [0.15, 0.2) is 0 Å². The van der Waals surface area contributed by atoms with Crippen LogP contribution in [-0.4, -0.2) is 29.5 Å². The van der Waals surface area contributed by atoms with Gasteiger partial charge >= 0.3 is 5.97 Å². The fourth-order valence-electron chi connectivity index (χ4n) is 1.65. The number of aliphatic carboxylic acids is 1. The number of carboxylic acids is 1. The maximum absolute atomic E-state index is 10.4. The molecule has 0 amide bonds. The molecule has 1 aliphatic heterocycles. The van der Waals surface area contributed by atoms with E-state index in [1.54, 1.807) is 0 Å². The zero-order valence-electron chi connectivity index (χ0n) is 9.59. The number of rotatable bonds is 6. The number of hydrogen-bond donors (Lipinski definition) is 1. The van der Waals surface area contributed by atoms with Gasteiger partial charge in [-0.25, -0.2) is 0 Å². The Morgan fingerprint density at radius 3 is 2.59 bits per heavy atom. The Bertz CT molecular complexity index is 371. The van der Waals surface area contributed by atoms with Crippen molar-refractivity contribution in [1.29, 1.82) is 0 Å². The molecule has 0 spiro atoms. The molecule has 1 saturated heterocycles. The first kappa shape index (κ1) is 12.5. The molecule has 0 unspecified atom stereocenters. The molecule has 1 heterocycles. The Kier molecular flexibility index (Phi) is 4.45. The predicted molar refractivity (Wildman–Crippen MR) is 67.5 cm³/mol. The first-order valence-corrected chi connectivity index (χ1v) is 6.67. The second kappa shape index (κ2) is 6.07. The van der Waals surface area contributed by atoms with Crippen LogP contribution in [0.3, 0.4) is 0 Å². The molecule has 0 bridgehead atoms. The summed E-state index contributed by atoms with van der Waals surface area (Å²) in [6.45, 7) is 1.70. The van der Waals surface area contributed by atoms with Crippen molar-refractivity contribution in [2.24, 2.45) is 0 Å². The third-order valence-corrected chi connectivity index (χ3v) is 3.84. The van der Waals surface area contributed by atoms with Gasteiger partial charge in [-0.05, 0) is 30.5 Å². The summed E-state index contributed by atoms with van der Waals surface area (Å²) < 4.78 is 5.13. The Hall–Kier alpha value is -1.00. The fourth-order valence-corrected chi connectivity index (χ4v) is 2.66. The summed E-state index contributed by atoms with van der Waals surface area (Å²) in [6, 6.07) is 8.39. The van der Waals surface area contributed by atoms with E-state index in [-0.39, 0.29) is 6.42 Å². The van der Waals surface area contributed by atoms with Crippen LogP contribution in [-0.2, 0) is 16.0 Å². The summed E-state index contributed by atoms with van der Waals surface area (Å²) >= 11 is 1.85. The lowest BCUT2D eigenvalue weighted by atomic mass is 10.1. The standard InChI is InChI=1S/C13H16O3S/c14-13(15)3-1-2-10-4-6-11(7-5-10)17-12-8-16-9-12/h4-7,12H,1-3,8-9H2,(H,14,15). The van der Waals surface area contributed by atoms with Crippen LogP contribution in [0.5, 0.6) is 0 Å². The van der Waals surface area contributed by atoms with E-state index < -0.39 is 5.97 Å². The van der Waals surface area contributed by atoms with Crippen molar-refractivity contribution in [1.82, 2.24) is 0 Å². The summed E-state index contributed by atoms with van der Waals surface area (Å²) in [7, 11) is 0. The maximum Gasteiger partial charge on any atom is 0.303 e. The minimum atomic E-state index is -0.720. The second-order valence-corrected chi connectivity index (χ2v) is 5.54. The van der Waals surface area contributed by atoms with E-state index in [2.05, 4.69) is 24.3 Å². The van der Waals surface area contributed by atoms with E-state index >= 15 is 0 Å². The van der Waals surface area contributed by atoms with Gasteiger partial charge in [0, 0.05) is 11.3 Å². The van der Waals surface area contributed by atoms with Crippen LogP contribution < -0.4 is 0 Å². The van der Waals surface area contributed by atoms with Gasteiger partial charge in [0.05, 0.1) is 18.5 Å². The summed E-state index contributed by atoms with van der Waals surface area (Å²) in [6.07, 6.45) is 1.79. The van der Waals surface area contributed by atoms with Crippen molar-refractivity contribution in [3.8, 4) is 0 Å². The molecule has 0 aromatic heterocycles. The number of benzene rings is 1. The van der Waals surface area contributed by atoms with E-state index in [4.69, 9.17) is 9.84 Å². The largest absolute Gasteiger partial charge is 0.481 e. The average Bonchev–Trinajstić information content (AvgIpc) is 2.25. The highest BCUT2D eigenvalue weighted by atomic mass is 32.2. The molecule has 1 aromatic rings. The summed E-state index contributed by atoms with van der Waals surface area (Å²) in [5.41, 5.74) is 1.21. The number of hydrogen-bond acceptors (Lipinski definition) is 3. The normalized spacial score (nSPS) is 15.5. The smallest absolute Gasteiger partial charge is 0.303 e. The van der Waals surface area contributed by atoms with E-state index in [9.17, 15) is 4.79 Å². The number of thioether (sulfide) groups is 1. The molecule has 1 aromatic carbocycles. The van der Waals surface area contributed by atoms with E-state index in [0.29, 0.717) is 11.7 Å². The van der Waals surface area contributed by atoms with Crippen molar-refractivity contribution in [3.63, 3.8) is 0 Å². The quantitative estimate of drug-likeness (QED) is 0.845. The van der Waals surface area contributed by atoms with Crippen LogP contribution in [0.1, 0.15) is 18.4 Å². The molecule has 1 aliphatic rings. The first-order valence-electron chi connectivity index (χ1n) is 5.79. The topological polar surface area (TPSA) is 46.5 Å². The third-order valence-electron chi connectivity index (χ3n) is 2.69. The van der Waals surface area contributed by atoms with Crippen molar-refractivity contribution in [2.45, 2.75) is 29.4 Å². The minimum Gasteiger partial charge on any atom is -0.481 e. The first-order chi connectivity index (χ1) is 8.24. The Labute approximate surface area is 105 Å². The van der Waals surface area contributed by atoms with Gasteiger partial charge in [-0.1, -0.05) is 12.1 Å². The Balaban J connectivity index is 1.78. The molecule has 1 N–H and O–H groups in total. The Morgan fingerprint density at radius 1 is 1.35 bits per heavy atom. The summed E-state index contributed by atoms with van der Waals surface area (Å²) in [4.78, 5) is 11.7. The van der Waals surface area contributed by atoms with Crippen LogP contribution in [0.2, 0.25) is 0 Å². The van der Waals surface area contributed by atoms with Crippen LogP contribution in [0.4, 0.5) is 0 Å². The molecule has 17 heavy (non-hydrogen) atoms. The van der Waals surface area contributed by atoms with Crippen molar-refractivity contribution in [2.75, 3.05) is 13.2 Å². The molecule has 4 heteroatoms. The Morgan fingerprint density at radius 2 is 2.06 bits per heavy atom. The van der Waals surface area contributed by atoms with Crippen molar-refractivity contribution < 1.29 is 14.6 Å². The predicted octanol–water partition coefficient (Wildman–Crippen LogP) is 2.58. The van der Waals surface area contributed by atoms with Gasteiger partial charge in [0.1, 0.15) is 0 Å². The van der Waals surface area contributed by atoms with Crippen molar-refractivity contribution >= 4 is 17.7 Å². The van der Waals surface area contributed by atoms with E-state index in [0.717, 1.165) is 19.6 Å². The molecule has 0 saturated carbocycles. The third kappa shape index (κ3) is 4.06. The minimum absolute atomic E-state index is 0.246. The summed E-state index contributed by atoms with van der Waals surface area (Å²) in [5, 5.41) is 9.16. The molecule has 0 aliphatic carbocycles. The van der Waals surface area contributed by atoms with Gasteiger partial charge < -0.3 is 9.84 Å². The van der Waals surface area contributed by atoms with Gasteiger partial charge in [0.25, 0.3) is 0 Å². The van der Waals surface area contributed by atoms with E-state index in [1.165, 1.54) is 10.5 Å². The number of aryl methyl sites for hydroxylation is 1. The molecular weight excluding hydrogens is 236 g/mol. The van der Waals surface area contributed by atoms with Crippen LogP contribution in [0.15, 0.2) is 29.2 Å². The highest BCUT2D eigenvalue weighted by Gasteiger charge is 2.19. The highest BCUT2D eigenvalue weighted by Crippen LogP contribution is 2.28. The fraction of sp³-hybridized carbons (Fsp3) is 0.462. The average molecular weight is 252 g/mol. The van der Waals surface area contributed by atoms with Crippen LogP contribution in [0, 0.1) is 0 Å². The number of carboxylic acid groups (broad SMARTS) is 1. The van der Waals surface area contributed by atoms with Gasteiger partial charge in [-0.15, -0.1) is 11.8 Å². The van der Waals surface area contributed by atoms with Gasteiger partial charge in [-0.3, -0.25) is 4.79 Å². The molecule has 2 rings (SSSR count). The lowest BCUT2D eigenvalue weighted by molar-refractivity contribution is -0.137. The van der Waals surface area contributed by atoms with E-state index in [1.807, 2.05) is 11.8 Å². The number of ether oxygens (including phenoxy) is 1.